The smallest absolute Gasteiger partial charge is 0.361 e. The van der Waals surface area contributed by atoms with Crippen LogP contribution in [0.25, 0.3) is 0 Å². The van der Waals surface area contributed by atoms with E-state index in [4.69, 9.17) is 0 Å². The van der Waals surface area contributed by atoms with Gasteiger partial charge in [-0.15, -0.1) is 5.10 Å². The molecule has 1 heterocycles. The van der Waals surface area contributed by atoms with Gasteiger partial charge in [-0.25, -0.2) is 18.3 Å². The van der Waals surface area contributed by atoms with Gasteiger partial charge in [-0.1, -0.05) is 12.1 Å². The van der Waals surface area contributed by atoms with Gasteiger partial charge in [0, 0.05) is 6.54 Å². The Bertz CT molecular complexity index is 505. The number of ether oxygens (including phenoxy) is 1. The van der Waals surface area contributed by atoms with Crippen molar-refractivity contribution in [1.82, 2.24) is 20.3 Å². The Hall–Kier alpha value is -2.06. The van der Waals surface area contributed by atoms with Crippen molar-refractivity contribution < 1.29 is 23.1 Å². The highest BCUT2D eigenvalue weighted by atomic mass is 19.3. The van der Waals surface area contributed by atoms with Crippen LogP contribution in [-0.4, -0.2) is 40.0 Å². The molecule has 9 heteroatoms. The topological polar surface area (TPSA) is 86.1 Å². The highest BCUT2D eigenvalue weighted by Gasteiger charge is 2.31. The maximum Gasteiger partial charge on any atom is 0.361 e. The minimum absolute atomic E-state index is 0.0287. The molecule has 1 rings (SSSR count). The van der Waals surface area contributed by atoms with Gasteiger partial charge in [-0.2, -0.15) is 0 Å². The molecule has 1 N–H and O–H groups in total. The third kappa shape index (κ3) is 3.96. The molecule has 21 heavy (non-hydrogen) atoms. The summed E-state index contributed by atoms with van der Waals surface area (Å²) < 4.78 is 31.7. The second kappa shape index (κ2) is 7.65. The molecule has 0 saturated carbocycles. The molecule has 1 atom stereocenters. The minimum Gasteiger partial charge on any atom is -0.461 e. The summed E-state index contributed by atoms with van der Waals surface area (Å²) in [5.41, 5.74) is -1.28. The summed E-state index contributed by atoms with van der Waals surface area (Å²) >= 11 is 0. The first-order chi connectivity index (χ1) is 9.93. The second-order valence-corrected chi connectivity index (χ2v) is 4.26. The van der Waals surface area contributed by atoms with Crippen LogP contribution in [0.5, 0.6) is 0 Å². The van der Waals surface area contributed by atoms with Crippen molar-refractivity contribution in [1.29, 1.82) is 0 Å². The van der Waals surface area contributed by atoms with Gasteiger partial charge in [-0.3, -0.25) is 4.79 Å². The molecule has 0 bridgehead atoms. The number of carbonyl (C=O) groups is 2. The monoisotopic (exact) mass is 304 g/mol. The molecule has 118 valence electrons. The van der Waals surface area contributed by atoms with E-state index in [0.717, 1.165) is 4.68 Å². The summed E-state index contributed by atoms with van der Waals surface area (Å²) in [5, 5.41) is 9.48. The zero-order chi connectivity index (χ0) is 16.0. The lowest BCUT2D eigenvalue weighted by Gasteiger charge is -2.14. The number of hydrogen-bond donors (Lipinski definition) is 1. The summed E-state index contributed by atoms with van der Waals surface area (Å²) in [5.74, 6) is -1.46. The molecule has 0 radical (unpaired) electrons. The summed E-state index contributed by atoms with van der Waals surface area (Å²) in [4.78, 5) is 23.4. The Morgan fingerprint density at radius 2 is 2.05 bits per heavy atom. The second-order valence-electron chi connectivity index (χ2n) is 4.26. The van der Waals surface area contributed by atoms with Gasteiger partial charge in [0.1, 0.15) is 11.7 Å². The fraction of sp³-hybridized carbons (Fsp3) is 0.667. The molecule has 1 unspecified atom stereocenters. The Morgan fingerprint density at radius 1 is 1.38 bits per heavy atom. The van der Waals surface area contributed by atoms with E-state index in [0.29, 0.717) is 13.0 Å². The average Bonchev–Trinajstić information content (AvgIpc) is 2.89. The number of alkyl halides is 2. The zero-order valence-corrected chi connectivity index (χ0v) is 12.1. The van der Waals surface area contributed by atoms with Gasteiger partial charge in [-0.05, 0) is 20.3 Å². The summed E-state index contributed by atoms with van der Waals surface area (Å²) in [6, 6.07) is -1.00. The van der Waals surface area contributed by atoms with Crippen LogP contribution in [0.15, 0.2) is 0 Å². The lowest BCUT2D eigenvalue weighted by molar-refractivity contribution is -0.124. The van der Waals surface area contributed by atoms with Gasteiger partial charge in [0.2, 0.25) is 5.91 Å². The van der Waals surface area contributed by atoms with E-state index < -0.39 is 35.7 Å². The molecule has 1 amide bonds. The molecule has 7 nitrogen and oxygen atoms in total. The van der Waals surface area contributed by atoms with E-state index in [2.05, 4.69) is 20.4 Å². The summed E-state index contributed by atoms with van der Waals surface area (Å²) in [6.07, 6.45) is -2.29. The average molecular weight is 304 g/mol. The van der Waals surface area contributed by atoms with Crippen molar-refractivity contribution in [2.45, 2.75) is 39.7 Å². The molecule has 0 saturated heterocycles. The zero-order valence-electron chi connectivity index (χ0n) is 12.1. The first-order valence-electron chi connectivity index (χ1n) is 6.62. The SMILES string of the molecule is CCCNC(=O)C(C)n1nnc(C(=O)OCC)c1C(F)F. The fourth-order valence-electron chi connectivity index (χ4n) is 1.64. The molecular weight excluding hydrogens is 286 g/mol. The quantitative estimate of drug-likeness (QED) is 0.771. The highest BCUT2D eigenvalue weighted by Crippen LogP contribution is 2.24. The van der Waals surface area contributed by atoms with Crippen LogP contribution in [0.4, 0.5) is 8.78 Å². The van der Waals surface area contributed by atoms with Gasteiger partial charge >= 0.3 is 5.97 Å². The third-order valence-electron chi connectivity index (χ3n) is 2.70. The predicted octanol–water partition coefficient (Wildman–Crippen LogP) is 1.48. The Morgan fingerprint density at radius 3 is 2.57 bits per heavy atom. The van der Waals surface area contributed by atoms with Crippen LogP contribution in [0.2, 0.25) is 0 Å². The Balaban J connectivity index is 3.07. The first-order valence-corrected chi connectivity index (χ1v) is 6.62. The number of hydrogen-bond acceptors (Lipinski definition) is 5. The van der Waals surface area contributed by atoms with E-state index in [9.17, 15) is 18.4 Å². The van der Waals surface area contributed by atoms with Crippen molar-refractivity contribution in [3.05, 3.63) is 11.4 Å². The molecule has 0 aromatic carbocycles. The van der Waals surface area contributed by atoms with E-state index in [1.165, 1.54) is 6.92 Å². The molecule has 0 aliphatic heterocycles. The maximum atomic E-state index is 13.2. The number of carbonyl (C=O) groups excluding carboxylic acids is 2. The number of nitrogens with one attached hydrogen (secondary N) is 1. The number of amides is 1. The lowest BCUT2D eigenvalue weighted by atomic mass is 10.2. The van der Waals surface area contributed by atoms with Crippen molar-refractivity contribution >= 4 is 11.9 Å². The largest absolute Gasteiger partial charge is 0.461 e. The Kier molecular flexibility index (Phi) is 6.19. The minimum atomic E-state index is -3.00. The summed E-state index contributed by atoms with van der Waals surface area (Å²) in [6.45, 7) is 5.27. The van der Waals surface area contributed by atoms with Gasteiger partial charge in [0.15, 0.2) is 5.69 Å². The van der Waals surface area contributed by atoms with E-state index in [1.54, 1.807) is 6.92 Å². The molecule has 1 aromatic rings. The van der Waals surface area contributed by atoms with E-state index >= 15 is 0 Å². The molecule has 0 aliphatic rings. The van der Waals surface area contributed by atoms with Crippen molar-refractivity contribution in [2.75, 3.05) is 13.2 Å². The summed E-state index contributed by atoms with van der Waals surface area (Å²) in [7, 11) is 0. The van der Waals surface area contributed by atoms with Crippen LogP contribution in [0, 0.1) is 0 Å². The number of rotatable bonds is 7. The maximum absolute atomic E-state index is 13.2. The lowest BCUT2D eigenvalue weighted by Crippen LogP contribution is -2.33. The number of esters is 1. The van der Waals surface area contributed by atoms with Crippen LogP contribution in [0.1, 0.15) is 55.8 Å². The predicted molar refractivity (Wildman–Crippen MR) is 68.9 cm³/mol. The standard InChI is InChI=1S/C12H18F2N4O3/c1-4-6-15-11(19)7(3)18-9(10(13)14)8(16-17-18)12(20)21-5-2/h7,10H,4-6H2,1-3H3,(H,15,19). The highest BCUT2D eigenvalue weighted by molar-refractivity contribution is 5.88. The molecule has 0 aliphatic carbocycles. The molecule has 0 spiro atoms. The van der Waals surface area contributed by atoms with Crippen molar-refractivity contribution in [3.63, 3.8) is 0 Å². The van der Waals surface area contributed by atoms with Crippen LogP contribution >= 0.6 is 0 Å². The number of halogens is 2. The van der Waals surface area contributed by atoms with Crippen molar-refractivity contribution in [3.8, 4) is 0 Å². The fourth-order valence-corrected chi connectivity index (χ4v) is 1.64. The van der Waals surface area contributed by atoms with Crippen molar-refractivity contribution in [2.24, 2.45) is 0 Å². The van der Waals surface area contributed by atoms with E-state index in [1.807, 2.05) is 6.92 Å². The number of aromatic nitrogens is 3. The molecule has 0 fully saturated rings. The third-order valence-corrected chi connectivity index (χ3v) is 2.70. The van der Waals surface area contributed by atoms with Crippen LogP contribution in [0.3, 0.4) is 0 Å². The van der Waals surface area contributed by atoms with Gasteiger partial charge in [0.25, 0.3) is 6.43 Å². The molecular formula is C12H18F2N4O3. The van der Waals surface area contributed by atoms with Gasteiger partial charge in [0.05, 0.1) is 6.61 Å². The molecule has 1 aromatic heterocycles. The Labute approximate surface area is 120 Å². The van der Waals surface area contributed by atoms with Crippen LogP contribution < -0.4 is 5.32 Å². The first kappa shape index (κ1) is 17.0. The number of nitrogens with zero attached hydrogens (tertiary/aromatic N) is 3. The van der Waals surface area contributed by atoms with Crippen LogP contribution in [-0.2, 0) is 9.53 Å². The van der Waals surface area contributed by atoms with E-state index in [-0.39, 0.29) is 6.61 Å². The normalized spacial score (nSPS) is 12.3. The van der Waals surface area contributed by atoms with Gasteiger partial charge < -0.3 is 10.1 Å².